The maximum Gasteiger partial charge on any atom is 0.255 e. The summed E-state index contributed by atoms with van der Waals surface area (Å²) < 4.78 is 27.7. The lowest BCUT2D eigenvalue weighted by atomic mass is 9.94. The lowest BCUT2D eigenvalue weighted by Gasteiger charge is -2.33. The molecule has 0 spiro atoms. The number of pyridine rings is 1. The monoisotopic (exact) mass is 476 g/mol. The number of halogens is 2. The summed E-state index contributed by atoms with van der Waals surface area (Å²) >= 11 is 0. The van der Waals surface area contributed by atoms with Crippen molar-refractivity contribution in [3.63, 3.8) is 0 Å². The van der Waals surface area contributed by atoms with Gasteiger partial charge in [-0.3, -0.25) is 14.5 Å². The van der Waals surface area contributed by atoms with Crippen LogP contribution in [0, 0.1) is 11.8 Å². The molecule has 2 heterocycles. The van der Waals surface area contributed by atoms with Crippen LogP contribution in [0.15, 0.2) is 66.9 Å². The fourth-order valence-corrected chi connectivity index (χ4v) is 5.13. The van der Waals surface area contributed by atoms with Crippen molar-refractivity contribution in [1.29, 1.82) is 0 Å². The Morgan fingerprint density at radius 2 is 1.83 bits per heavy atom. The van der Waals surface area contributed by atoms with Gasteiger partial charge in [0.15, 0.2) is 0 Å². The number of rotatable bonds is 6. The van der Waals surface area contributed by atoms with Crippen LogP contribution in [0.25, 0.3) is 0 Å². The third-order valence-electron chi connectivity index (χ3n) is 6.69. The van der Waals surface area contributed by atoms with E-state index >= 15 is 0 Å². The molecular weight excluding hydrogens is 450 g/mol. The molecule has 180 valence electrons. The maximum atomic E-state index is 14.2. The zero-order chi connectivity index (χ0) is 24.4. The Morgan fingerprint density at radius 1 is 1.03 bits per heavy atom. The normalized spacial score (nSPS) is 17.8. The van der Waals surface area contributed by atoms with Gasteiger partial charge in [-0.05, 0) is 43.2 Å². The van der Waals surface area contributed by atoms with Crippen LogP contribution in [-0.4, -0.2) is 29.4 Å². The number of para-hydroxylation sites is 1. The molecule has 0 bridgehead atoms. The highest BCUT2D eigenvalue weighted by molar-refractivity contribution is 6.12. The summed E-state index contributed by atoms with van der Waals surface area (Å²) in [4.78, 5) is 34.3. The lowest BCUT2D eigenvalue weighted by molar-refractivity contribution is -0.124. The van der Waals surface area contributed by atoms with Crippen molar-refractivity contribution < 1.29 is 18.4 Å². The van der Waals surface area contributed by atoms with Gasteiger partial charge >= 0.3 is 0 Å². The zero-order valence-corrected chi connectivity index (χ0v) is 19.2. The first-order valence-electron chi connectivity index (χ1n) is 11.9. The van der Waals surface area contributed by atoms with Crippen LogP contribution in [0.2, 0.25) is 0 Å². The van der Waals surface area contributed by atoms with Crippen LogP contribution in [-0.2, 0) is 9.59 Å². The van der Waals surface area contributed by atoms with E-state index in [2.05, 4.69) is 10.3 Å². The summed E-state index contributed by atoms with van der Waals surface area (Å²) in [5, 5.41) is 2.90. The predicted octanol–water partition coefficient (Wildman–Crippen LogP) is 5.23. The first kappa shape index (κ1) is 23.0. The van der Waals surface area contributed by atoms with Gasteiger partial charge in [0.25, 0.3) is 5.91 Å². The van der Waals surface area contributed by atoms with Crippen molar-refractivity contribution in [2.45, 2.75) is 44.2 Å². The minimum Gasteiger partial charge on any atom is -0.376 e. The van der Waals surface area contributed by atoms with E-state index in [1.165, 1.54) is 35.4 Å². The molecule has 6 nitrogen and oxygen atoms in total. The second-order valence-electron chi connectivity index (χ2n) is 8.93. The Bertz CT molecular complexity index is 1250. The molecule has 2 amide bonds. The Balaban J connectivity index is 1.51. The van der Waals surface area contributed by atoms with Gasteiger partial charge in [-0.25, -0.2) is 9.37 Å². The minimum atomic E-state index is -0.918. The number of carbonyl (C=O) groups excluding carboxylic acids is 2. The van der Waals surface area contributed by atoms with Crippen molar-refractivity contribution in [1.82, 2.24) is 4.98 Å². The largest absolute Gasteiger partial charge is 0.376 e. The molecule has 35 heavy (non-hydrogen) atoms. The van der Waals surface area contributed by atoms with Crippen molar-refractivity contribution in [2.75, 3.05) is 21.7 Å². The number of aromatic nitrogens is 1. The summed E-state index contributed by atoms with van der Waals surface area (Å²) in [6.45, 7) is -0.213. The number of carbonyl (C=O) groups is 2. The van der Waals surface area contributed by atoms with E-state index in [0.717, 1.165) is 43.4 Å². The van der Waals surface area contributed by atoms with E-state index in [1.54, 1.807) is 12.1 Å². The summed E-state index contributed by atoms with van der Waals surface area (Å²) in [5.41, 5.74) is 2.19. The van der Waals surface area contributed by atoms with Crippen LogP contribution >= 0.6 is 0 Å². The fraction of sp³-hybridized carbons (Fsp3) is 0.296. The highest BCUT2D eigenvalue weighted by Crippen LogP contribution is 2.44. The molecule has 1 fully saturated rings. The topological polar surface area (TPSA) is 65.5 Å². The molecule has 8 heteroatoms. The molecule has 0 radical (unpaired) electrons. The predicted molar refractivity (Wildman–Crippen MR) is 130 cm³/mol. The van der Waals surface area contributed by atoms with Crippen LogP contribution in [0.5, 0.6) is 0 Å². The van der Waals surface area contributed by atoms with E-state index < -0.39 is 23.7 Å². The summed E-state index contributed by atoms with van der Waals surface area (Å²) in [5.74, 6) is -1.81. The number of fused-ring (bicyclic) bond motifs is 1. The second kappa shape index (κ2) is 9.82. The summed E-state index contributed by atoms with van der Waals surface area (Å²) in [7, 11) is 0. The molecule has 1 unspecified atom stereocenters. The van der Waals surface area contributed by atoms with Crippen molar-refractivity contribution in [2.24, 2.45) is 0 Å². The molecule has 2 aliphatic rings. The van der Waals surface area contributed by atoms with E-state index in [-0.39, 0.29) is 24.2 Å². The van der Waals surface area contributed by atoms with Gasteiger partial charge in [0.2, 0.25) is 11.9 Å². The smallest absolute Gasteiger partial charge is 0.255 e. The standard InChI is InChI=1S/C27H26F2N4O2/c28-18-7-6-10-21(15-18)33(25(34)17-31-19-13-14-30-24(29)16-19)26-22-11-4-5-12-23(22)32(27(26)35)20-8-2-1-3-9-20/h4-7,10-16,20,26H,1-3,8-9,17H2,(H,30,31). The van der Waals surface area contributed by atoms with E-state index in [4.69, 9.17) is 0 Å². The maximum absolute atomic E-state index is 14.2. The van der Waals surface area contributed by atoms with Gasteiger partial charge in [0.1, 0.15) is 11.9 Å². The molecule has 1 aliphatic carbocycles. The van der Waals surface area contributed by atoms with Crippen LogP contribution < -0.4 is 15.1 Å². The SMILES string of the molecule is O=C1C(N(C(=O)CNc2ccnc(F)c2)c2cccc(F)c2)c2ccccc2N1C1CCCCC1. The van der Waals surface area contributed by atoms with E-state index in [0.29, 0.717) is 5.69 Å². The molecule has 5 rings (SSSR count). The third kappa shape index (κ3) is 4.60. The molecule has 2 aromatic carbocycles. The Kier molecular flexibility index (Phi) is 6.44. The average molecular weight is 477 g/mol. The highest BCUT2D eigenvalue weighted by atomic mass is 19.1. The number of nitrogens with zero attached hydrogens (tertiary/aromatic N) is 3. The van der Waals surface area contributed by atoms with E-state index in [1.807, 2.05) is 29.2 Å². The molecular formula is C27H26F2N4O2. The van der Waals surface area contributed by atoms with Gasteiger partial charge in [-0.2, -0.15) is 4.39 Å². The average Bonchev–Trinajstić information content (AvgIpc) is 3.15. The van der Waals surface area contributed by atoms with Gasteiger partial charge in [0.05, 0.1) is 6.54 Å². The molecule has 3 aromatic rings. The van der Waals surface area contributed by atoms with Gasteiger partial charge in [-0.15, -0.1) is 0 Å². The molecule has 1 aromatic heterocycles. The first-order chi connectivity index (χ1) is 17.0. The number of benzene rings is 2. The second-order valence-corrected chi connectivity index (χ2v) is 8.93. The number of amides is 2. The minimum absolute atomic E-state index is 0.0739. The fourth-order valence-electron chi connectivity index (χ4n) is 5.13. The zero-order valence-electron chi connectivity index (χ0n) is 19.2. The van der Waals surface area contributed by atoms with Crippen molar-refractivity contribution in [3.8, 4) is 0 Å². The molecule has 1 atom stereocenters. The Hall–Kier alpha value is -3.81. The quantitative estimate of drug-likeness (QED) is 0.495. The van der Waals surface area contributed by atoms with Crippen LogP contribution in [0.3, 0.4) is 0 Å². The van der Waals surface area contributed by atoms with E-state index in [9.17, 15) is 18.4 Å². The first-order valence-corrected chi connectivity index (χ1v) is 11.9. The summed E-state index contributed by atoms with van der Waals surface area (Å²) in [6, 6.07) is 15.1. The number of hydrogen-bond acceptors (Lipinski definition) is 4. The van der Waals surface area contributed by atoms with Crippen LogP contribution in [0.4, 0.5) is 25.8 Å². The number of anilines is 3. The van der Waals surface area contributed by atoms with Crippen molar-refractivity contribution in [3.05, 3.63) is 84.2 Å². The van der Waals surface area contributed by atoms with Gasteiger partial charge < -0.3 is 10.2 Å². The number of hydrogen-bond donors (Lipinski definition) is 1. The third-order valence-corrected chi connectivity index (χ3v) is 6.69. The Labute approximate surface area is 202 Å². The highest BCUT2D eigenvalue weighted by Gasteiger charge is 2.45. The molecule has 1 N–H and O–H groups in total. The van der Waals surface area contributed by atoms with Gasteiger partial charge in [0, 0.05) is 40.9 Å². The summed E-state index contributed by atoms with van der Waals surface area (Å²) in [6.07, 6.45) is 6.39. The lowest BCUT2D eigenvalue weighted by Crippen LogP contribution is -2.46. The Morgan fingerprint density at radius 3 is 2.60 bits per heavy atom. The van der Waals surface area contributed by atoms with Crippen LogP contribution in [0.1, 0.15) is 43.7 Å². The number of nitrogens with one attached hydrogen (secondary N) is 1. The molecule has 1 aliphatic heterocycles. The molecule has 0 saturated heterocycles. The van der Waals surface area contributed by atoms with Gasteiger partial charge in [-0.1, -0.05) is 43.5 Å². The molecule has 1 saturated carbocycles. The van der Waals surface area contributed by atoms with Crippen molar-refractivity contribution >= 4 is 28.9 Å².